The number of hydrogen-bond donors (Lipinski definition) is 0. The van der Waals surface area contributed by atoms with E-state index in [1.165, 1.54) is 0 Å². The zero-order valence-corrected chi connectivity index (χ0v) is 18.7. The Kier molecular flexibility index (Phi) is 7.31. The van der Waals surface area contributed by atoms with Crippen LogP contribution in [0.5, 0.6) is 5.75 Å². The van der Waals surface area contributed by atoms with Gasteiger partial charge in [-0.15, -0.1) is 0 Å². The summed E-state index contributed by atoms with van der Waals surface area (Å²) in [4.78, 5) is 29.8. The van der Waals surface area contributed by atoms with Crippen LogP contribution in [0.2, 0.25) is 0 Å². The second-order valence-electron chi connectivity index (χ2n) is 9.58. The molecule has 0 radical (unpaired) electrons. The molecule has 3 fully saturated rings. The zero-order valence-electron chi connectivity index (χ0n) is 18.7. The SMILES string of the molecule is O=C(C[C@H]1CN(C(=O)C2CCC(F)(F)CC2)CC[C@@H]1Oc1ccccc1)N1CCCCC1. The molecule has 2 heterocycles. The Morgan fingerprint density at radius 1 is 0.938 bits per heavy atom. The minimum absolute atomic E-state index is 0.0333. The number of rotatable bonds is 5. The van der Waals surface area contributed by atoms with Crippen LogP contribution >= 0.6 is 0 Å². The highest BCUT2D eigenvalue weighted by atomic mass is 19.3. The van der Waals surface area contributed by atoms with Crippen molar-refractivity contribution in [3.8, 4) is 5.75 Å². The van der Waals surface area contributed by atoms with E-state index < -0.39 is 5.92 Å². The second kappa shape index (κ2) is 10.2. The normalized spacial score (nSPS) is 26.6. The van der Waals surface area contributed by atoms with Gasteiger partial charge in [0.25, 0.3) is 0 Å². The van der Waals surface area contributed by atoms with Crippen molar-refractivity contribution in [2.75, 3.05) is 26.2 Å². The van der Waals surface area contributed by atoms with Crippen LogP contribution in [-0.4, -0.2) is 59.8 Å². The number of carbonyl (C=O) groups excluding carboxylic acids is 2. The molecule has 0 N–H and O–H groups in total. The number of ether oxygens (including phenoxy) is 1. The van der Waals surface area contributed by atoms with E-state index in [0.29, 0.717) is 25.9 Å². The highest BCUT2D eigenvalue weighted by Gasteiger charge is 2.41. The lowest BCUT2D eigenvalue weighted by atomic mass is 9.84. The fourth-order valence-electron chi connectivity index (χ4n) is 5.28. The number of amides is 2. The summed E-state index contributed by atoms with van der Waals surface area (Å²) in [5.74, 6) is -2.22. The number of piperidine rings is 2. The first kappa shape index (κ1) is 23.0. The number of nitrogens with zero attached hydrogens (tertiary/aromatic N) is 2. The van der Waals surface area contributed by atoms with E-state index >= 15 is 0 Å². The lowest BCUT2D eigenvalue weighted by Crippen LogP contribution is -2.51. The van der Waals surface area contributed by atoms with Crippen molar-refractivity contribution in [1.82, 2.24) is 9.80 Å². The van der Waals surface area contributed by atoms with Crippen molar-refractivity contribution in [3.63, 3.8) is 0 Å². The lowest BCUT2D eigenvalue weighted by molar-refractivity contribution is -0.145. The molecule has 1 aliphatic carbocycles. The molecule has 2 atom stereocenters. The molecule has 1 aromatic carbocycles. The van der Waals surface area contributed by atoms with Crippen LogP contribution in [0.1, 0.15) is 57.8 Å². The number of benzene rings is 1. The first-order chi connectivity index (χ1) is 15.4. The minimum Gasteiger partial charge on any atom is -0.490 e. The lowest BCUT2D eigenvalue weighted by Gasteiger charge is -2.41. The Hall–Kier alpha value is -2.18. The molecule has 3 aliphatic rings. The summed E-state index contributed by atoms with van der Waals surface area (Å²) in [6, 6.07) is 9.58. The van der Waals surface area contributed by atoms with Crippen molar-refractivity contribution in [2.45, 2.75) is 69.8 Å². The summed E-state index contributed by atoms with van der Waals surface area (Å²) >= 11 is 0. The van der Waals surface area contributed by atoms with Crippen molar-refractivity contribution in [3.05, 3.63) is 30.3 Å². The van der Waals surface area contributed by atoms with Crippen LogP contribution in [0, 0.1) is 11.8 Å². The molecule has 5 nitrogen and oxygen atoms in total. The smallest absolute Gasteiger partial charge is 0.248 e. The number of para-hydroxylation sites is 1. The van der Waals surface area contributed by atoms with Gasteiger partial charge < -0.3 is 14.5 Å². The monoisotopic (exact) mass is 448 g/mol. The third kappa shape index (κ3) is 5.78. The van der Waals surface area contributed by atoms with Crippen LogP contribution < -0.4 is 4.74 Å². The van der Waals surface area contributed by atoms with Gasteiger partial charge in [0, 0.05) is 63.7 Å². The number of alkyl halides is 2. The molecule has 0 unspecified atom stereocenters. The van der Waals surface area contributed by atoms with Crippen LogP contribution in [0.3, 0.4) is 0 Å². The fraction of sp³-hybridized carbons (Fsp3) is 0.680. The molecule has 1 saturated carbocycles. The predicted molar refractivity (Wildman–Crippen MR) is 117 cm³/mol. The predicted octanol–water partition coefficient (Wildman–Crippen LogP) is 4.51. The van der Waals surface area contributed by atoms with Crippen LogP contribution in [-0.2, 0) is 9.59 Å². The maximum atomic E-state index is 13.5. The number of halogens is 2. The molecule has 2 amide bonds. The van der Waals surface area contributed by atoms with Gasteiger partial charge in [0.15, 0.2) is 0 Å². The van der Waals surface area contributed by atoms with Crippen LogP contribution in [0.4, 0.5) is 8.78 Å². The molecule has 2 saturated heterocycles. The quantitative estimate of drug-likeness (QED) is 0.666. The Morgan fingerprint density at radius 2 is 1.62 bits per heavy atom. The first-order valence-electron chi connectivity index (χ1n) is 12.1. The van der Waals surface area contributed by atoms with E-state index in [-0.39, 0.29) is 55.4 Å². The van der Waals surface area contributed by atoms with Gasteiger partial charge in [-0.05, 0) is 44.2 Å². The average molecular weight is 449 g/mol. The number of carbonyl (C=O) groups is 2. The van der Waals surface area contributed by atoms with Gasteiger partial charge in [-0.25, -0.2) is 8.78 Å². The zero-order chi connectivity index (χ0) is 22.6. The Balaban J connectivity index is 1.42. The average Bonchev–Trinajstić information content (AvgIpc) is 2.81. The molecule has 32 heavy (non-hydrogen) atoms. The van der Waals surface area contributed by atoms with Crippen LogP contribution in [0.15, 0.2) is 30.3 Å². The maximum absolute atomic E-state index is 13.5. The largest absolute Gasteiger partial charge is 0.490 e. The fourth-order valence-corrected chi connectivity index (χ4v) is 5.28. The highest BCUT2D eigenvalue weighted by Crippen LogP contribution is 2.37. The van der Waals surface area contributed by atoms with E-state index in [4.69, 9.17) is 4.74 Å². The van der Waals surface area contributed by atoms with E-state index in [2.05, 4.69) is 0 Å². The van der Waals surface area contributed by atoms with Gasteiger partial charge >= 0.3 is 0 Å². The summed E-state index contributed by atoms with van der Waals surface area (Å²) in [6.45, 7) is 2.59. The van der Waals surface area contributed by atoms with E-state index in [9.17, 15) is 18.4 Å². The molecule has 7 heteroatoms. The summed E-state index contributed by atoms with van der Waals surface area (Å²) in [5.41, 5.74) is 0. The molecule has 1 aromatic rings. The van der Waals surface area contributed by atoms with Gasteiger partial charge in [-0.1, -0.05) is 18.2 Å². The summed E-state index contributed by atoms with van der Waals surface area (Å²) in [6.07, 6.45) is 4.14. The number of likely N-dealkylation sites (tertiary alicyclic amines) is 2. The van der Waals surface area contributed by atoms with E-state index in [1.54, 1.807) is 4.90 Å². The van der Waals surface area contributed by atoms with Crippen molar-refractivity contribution in [2.24, 2.45) is 11.8 Å². The van der Waals surface area contributed by atoms with E-state index in [0.717, 1.165) is 38.1 Å². The molecule has 4 rings (SSSR count). The van der Waals surface area contributed by atoms with Crippen molar-refractivity contribution >= 4 is 11.8 Å². The first-order valence-corrected chi connectivity index (χ1v) is 12.1. The summed E-state index contributed by atoms with van der Waals surface area (Å²) < 4.78 is 33.3. The Bertz CT molecular complexity index is 773. The number of hydrogen-bond acceptors (Lipinski definition) is 3. The Morgan fingerprint density at radius 3 is 2.31 bits per heavy atom. The third-order valence-electron chi connectivity index (χ3n) is 7.22. The Labute approximate surface area is 189 Å². The second-order valence-corrected chi connectivity index (χ2v) is 9.58. The molecule has 176 valence electrons. The molecule has 0 aromatic heterocycles. The van der Waals surface area contributed by atoms with Crippen molar-refractivity contribution in [1.29, 1.82) is 0 Å². The maximum Gasteiger partial charge on any atom is 0.248 e. The topological polar surface area (TPSA) is 49.9 Å². The van der Waals surface area contributed by atoms with E-state index in [1.807, 2.05) is 35.2 Å². The minimum atomic E-state index is -2.64. The van der Waals surface area contributed by atoms with Gasteiger partial charge in [-0.2, -0.15) is 0 Å². The summed E-state index contributed by atoms with van der Waals surface area (Å²) in [5, 5.41) is 0. The molecule has 2 aliphatic heterocycles. The van der Waals surface area contributed by atoms with Crippen molar-refractivity contribution < 1.29 is 23.1 Å². The van der Waals surface area contributed by atoms with Gasteiger partial charge in [0.1, 0.15) is 11.9 Å². The molecular formula is C25H34F2N2O3. The highest BCUT2D eigenvalue weighted by molar-refractivity contribution is 5.80. The standard InChI is InChI=1S/C25H34F2N2O3/c26-25(27)12-9-19(10-13-25)24(31)29-16-11-22(32-21-7-3-1-4-8-21)20(18-29)17-23(30)28-14-5-2-6-15-28/h1,3-4,7-8,19-20,22H,2,5-6,9-18H2/t20-,22-/m0/s1. The van der Waals surface area contributed by atoms with Gasteiger partial charge in [-0.3, -0.25) is 9.59 Å². The van der Waals surface area contributed by atoms with Gasteiger partial charge in [0.2, 0.25) is 17.7 Å². The molecule has 0 bridgehead atoms. The summed E-state index contributed by atoms with van der Waals surface area (Å²) in [7, 11) is 0. The van der Waals surface area contributed by atoms with Gasteiger partial charge in [0.05, 0.1) is 0 Å². The van der Waals surface area contributed by atoms with Crippen LogP contribution in [0.25, 0.3) is 0 Å². The third-order valence-corrected chi connectivity index (χ3v) is 7.22. The molecule has 0 spiro atoms. The molecular weight excluding hydrogens is 414 g/mol.